The smallest absolute Gasteiger partial charge is 0.326 e. The molecule has 216 valence electrons. The Morgan fingerprint density at radius 1 is 1.15 bits per heavy atom. The predicted octanol–water partition coefficient (Wildman–Crippen LogP) is 3.93. The molecule has 3 aliphatic heterocycles. The van der Waals surface area contributed by atoms with Crippen molar-refractivity contribution in [3.05, 3.63) is 58.8 Å². The van der Waals surface area contributed by atoms with Gasteiger partial charge in [-0.3, -0.25) is 14.5 Å². The number of carbonyl (C=O) groups is 3. The van der Waals surface area contributed by atoms with Crippen LogP contribution >= 0.6 is 11.8 Å². The minimum absolute atomic E-state index is 0.00972. The van der Waals surface area contributed by atoms with Gasteiger partial charge < -0.3 is 26.0 Å². The van der Waals surface area contributed by atoms with E-state index in [1.165, 1.54) is 11.8 Å². The van der Waals surface area contributed by atoms with E-state index in [2.05, 4.69) is 26.3 Å². The molecule has 41 heavy (non-hydrogen) atoms. The number of piperidine rings is 1. The van der Waals surface area contributed by atoms with Gasteiger partial charge in [0.05, 0.1) is 28.2 Å². The summed E-state index contributed by atoms with van der Waals surface area (Å²) in [5.41, 5.74) is 2.32. The van der Waals surface area contributed by atoms with Gasteiger partial charge in [0.15, 0.2) is 0 Å². The van der Waals surface area contributed by atoms with Crippen LogP contribution in [0, 0.1) is 12.8 Å². The normalized spacial score (nSPS) is 27.1. The number of hydrogen-bond acceptors (Lipinski definition) is 7. The number of nitrogens with zero attached hydrogens (tertiary/aromatic N) is 2. The number of carbonyl (C=O) groups excluding carboxylic acids is 3. The maximum Gasteiger partial charge on any atom is 0.326 e. The first-order valence-corrected chi connectivity index (χ1v) is 15.3. The Morgan fingerprint density at radius 3 is 2.68 bits per heavy atom. The molecule has 6 rings (SSSR count). The van der Waals surface area contributed by atoms with Crippen LogP contribution in [0.1, 0.15) is 51.0 Å². The van der Waals surface area contributed by atoms with Crippen molar-refractivity contribution in [3.8, 4) is 11.6 Å². The number of benzene rings is 1. The summed E-state index contributed by atoms with van der Waals surface area (Å²) < 4.78 is 5.90. The zero-order valence-corrected chi connectivity index (χ0v) is 24.1. The van der Waals surface area contributed by atoms with Gasteiger partial charge in [0.2, 0.25) is 11.8 Å². The summed E-state index contributed by atoms with van der Waals surface area (Å²) >= 11 is 1.50. The van der Waals surface area contributed by atoms with Crippen LogP contribution in [-0.4, -0.2) is 52.9 Å². The number of rotatable bonds is 7. The van der Waals surface area contributed by atoms with Crippen molar-refractivity contribution in [2.24, 2.45) is 5.92 Å². The number of para-hydroxylation sites is 1. The Morgan fingerprint density at radius 2 is 1.93 bits per heavy atom. The first-order chi connectivity index (χ1) is 19.9. The molecule has 2 saturated heterocycles. The number of aryl methyl sites for hydroxylation is 1. The van der Waals surface area contributed by atoms with Crippen molar-refractivity contribution in [1.29, 1.82) is 0 Å². The zero-order chi connectivity index (χ0) is 28.5. The van der Waals surface area contributed by atoms with Gasteiger partial charge in [-0.25, -0.2) is 9.78 Å². The lowest BCUT2D eigenvalue weighted by molar-refractivity contribution is -0.121. The second kappa shape index (κ2) is 11.7. The summed E-state index contributed by atoms with van der Waals surface area (Å²) in [5.74, 6) is 1.00. The minimum Gasteiger partial charge on any atom is -0.439 e. The number of nitrogens with one attached hydrogen (secondary N) is 4. The fourth-order valence-electron chi connectivity index (χ4n) is 6.37. The molecule has 0 spiro atoms. The van der Waals surface area contributed by atoms with Gasteiger partial charge in [-0.1, -0.05) is 36.9 Å². The molecule has 5 atom stereocenters. The van der Waals surface area contributed by atoms with Crippen molar-refractivity contribution in [2.75, 3.05) is 11.4 Å². The average Bonchev–Trinajstić information content (AvgIpc) is 3.34. The number of thioether (sulfide) groups is 1. The second-order valence-electron chi connectivity index (χ2n) is 11.1. The van der Waals surface area contributed by atoms with Crippen LogP contribution in [0.5, 0.6) is 11.6 Å². The molecule has 4 N–H and O–H groups in total. The Kier molecular flexibility index (Phi) is 7.90. The van der Waals surface area contributed by atoms with Crippen LogP contribution < -0.4 is 30.9 Å². The second-order valence-corrected chi connectivity index (χ2v) is 12.2. The average molecular weight is 577 g/mol. The third-order valence-corrected chi connectivity index (χ3v) is 9.68. The molecule has 4 aliphatic rings. The number of amides is 4. The summed E-state index contributed by atoms with van der Waals surface area (Å²) in [7, 11) is 0. The fraction of sp³-hybridized carbons (Fsp3) is 0.467. The SMILES string of the molecule is CCC(=O)N[C@H]1CCC[C@H](NC(=O)C2=C3NC(=O)N(c4cnc(Oc5ccccc5)cc4C)C4CCNC(S2)C34)C1. The highest BCUT2D eigenvalue weighted by Gasteiger charge is 2.52. The van der Waals surface area contributed by atoms with Gasteiger partial charge in [-0.05, 0) is 63.3 Å². The maximum atomic E-state index is 13.6. The highest BCUT2D eigenvalue weighted by Crippen LogP contribution is 2.48. The Labute approximate surface area is 244 Å². The summed E-state index contributed by atoms with van der Waals surface area (Å²) in [6, 6.07) is 11.0. The van der Waals surface area contributed by atoms with Gasteiger partial charge in [0, 0.05) is 36.2 Å². The van der Waals surface area contributed by atoms with Crippen molar-refractivity contribution < 1.29 is 19.1 Å². The first kappa shape index (κ1) is 27.6. The number of aromatic nitrogens is 1. The van der Waals surface area contributed by atoms with Crippen molar-refractivity contribution >= 4 is 35.3 Å². The van der Waals surface area contributed by atoms with E-state index in [-0.39, 0.29) is 47.3 Å². The van der Waals surface area contributed by atoms with E-state index in [4.69, 9.17) is 4.74 Å². The van der Waals surface area contributed by atoms with E-state index in [1.807, 2.05) is 50.2 Å². The van der Waals surface area contributed by atoms with E-state index in [9.17, 15) is 14.4 Å². The quantitative estimate of drug-likeness (QED) is 0.394. The number of urea groups is 1. The van der Waals surface area contributed by atoms with Crippen LogP contribution in [-0.2, 0) is 9.59 Å². The van der Waals surface area contributed by atoms with Crippen molar-refractivity contribution in [2.45, 2.75) is 75.9 Å². The third-order valence-electron chi connectivity index (χ3n) is 8.33. The molecule has 11 heteroatoms. The number of anilines is 1. The molecule has 3 fully saturated rings. The van der Waals surface area contributed by atoms with Crippen LogP contribution in [0.3, 0.4) is 0 Å². The first-order valence-electron chi connectivity index (χ1n) is 14.5. The molecular formula is C30H36N6O4S. The predicted molar refractivity (Wildman–Crippen MR) is 157 cm³/mol. The number of ether oxygens (including phenoxy) is 1. The van der Waals surface area contributed by atoms with Gasteiger partial charge >= 0.3 is 6.03 Å². The van der Waals surface area contributed by atoms with Crippen LogP contribution in [0.2, 0.25) is 0 Å². The lowest BCUT2D eigenvalue weighted by Crippen LogP contribution is -2.62. The zero-order valence-electron chi connectivity index (χ0n) is 23.3. The van der Waals surface area contributed by atoms with Gasteiger partial charge in [-0.15, -0.1) is 0 Å². The van der Waals surface area contributed by atoms with E-state index >= 15 is 0 Å². The number of hydrogen-bond donors (Lipinski definition) is 4. The molecular weight excluding hydrogens is 540 g/mol. The van der Waals surface area contributed by atoms with E-state index < -0.39 is 0 Å². The summed E-state index contributed by atoms with van der Waals surface area (Å²) in [6.45, 7) is 4.54. The molecule has 1 aliphatic carbocycles. The molecule has 3 unspecified atom stereocenters. The third kappa shape index (κ3) is 5.65. The van der Waals surface area contributed by atoms with Crippen molar-refractivity contribution in [1.82, 2.24) is 26.3 Å². The fourth-order valence-corrected chi connectivity index (χ4v) is 7.77. The summed E-state index contributed by atoms with van der Waals surface area (Å²) in [5, 5.41) is 12.9. The lowest BCUT2D eigenvalue weighted by atomic mass is 9.86. The van der Waals surface area contributed by atoms with Gasteiger partial charge in [-0.2, -0.15) is 0 Å². The summed E-state index contributed by atoms with van der Waals surface area (Å²) in [6.07, 6.45) is 6.38. The van der Waals surface area contributed by atoms with Crippen LogP contribution in [0.4, 0.5) is 10.5 Å². The molecule has 1 aromatic heterocycles. The Bertz CT molecular complexity index is 1370. The molecule has 0 bridgehead atoms. The summed E-state index contributed by atoms with van der Waals surface area (Å²) in [4.78, 5) is 45.9. The Balaban J connectivity index is 1.19. The molecule has 1 saturated carbocycles. The minimum atomic E-state index is -0.253. The molecule has 4 heterocycles. The molecule has 1 aromatic carbocycles. The van der Waals surface area contributed by atoms with Gasteiger partial charge in [0.25, 0.3) is 5.91 Å². The maximum absolute atomic E-state index is 13.6. The highest BCUT2D eigenvalue weighted by atomic mass is 32.2. The van der Waals surface area contributed by atoms with E-state index in [1.54, 1.807) is 11.1 Å². The number of pyridine rings is 1. The van der Waals surface area contributed by atoms with E-state index in [0.717, 1.165) is 49.9 Å². The topological polar surface area (TPSA) is 125 Å². The largest absolute Gasteiger partial charge is 0.439 e. The molecule has 0 radical (unpaired) electrons. The van der Waals surface area contributed by atoms with Crippen LogP contribution in [0.25, 0.3) is 0 Å². The van der Waals surface area contributed by atoms with E-state index in [0.29, 0.717) is 28.7 Å². The standard InChI is InChI=1S/C30H36N6O4S/c1-3-23(37)33-18-8-7-9-19(15-18)34-28(38)27-26-25-21(12-13-31-29(25)41-27)36(30(39)35-26)22-16-32-24(14-17(22)2)40-20-10-5-4-6-11-20/h4-6,10-11,14,16,18-19,21,25,29,31H,3,7-9,12-13,15H2,1-2H3,(H,33,37)(H,34,38)(H,35,39)/t18-,19-,21?,25?,29?/m0/s1. The Hall–Kier alpha value is -3.57. The lowest BCUT2D eigenvalue weighted by Gasteiger charge is -2.46. The molecule has 10 nitrogen and oxygen atoms in total. The monoisotopic (exact) mass is 576 g/mol. The van der Waals surface area contributed by atoms with Crippen LogP contribution in [0.15, 0.2) is 53.2 Å². The van der Waals surface area contributed by atoms with Crippen molar-refractivity contribution in [3.63, 3.8) is 0 Å². The molecule has 2 aromatic rings. The highest BCUT2D eigenvalue weighted by molar-refractivity contribution is 8.04. The van der Waals surface area contributed by atoms with Gasteiger partial charge in [0.1, 0.15) is 5.75 Å². The molecule has 4 amide bonds.